The largest absolute Gasteiger partial charge is 0.345 e. The quantitative estimate of drug-likeness (QED) is 0.635. The molecule has 0 aromatic heterocycles. The van der Waals surface area contributed by atoms with Gasteiger partial charge in [0.05, 0.1) is 12.2 Å². The highest BCUT2D eigenvalue weighted by Crippen LogP contribution is 2.42. The van der Waals surface area contributed by atoms with E-state index in [2.05, 4.69) is 74.4 Å². The molecular weight excluding hydrogens is 296 g/mol. The van der Waals surface area contributed by atoms with Gasteiger partial charge in [0.2, 0.25) is 0 Å². The highest BCUT2D eigenvalue weighted by atomic mass is 16.7. The summed E-state index contributed by atoms with van der Waals surface area (Å²) in [6.07, 6.45) is 2.23. The summed E-state index contributed by atoms with van der Waals surface area (Å²) in [5.74, 6) is 0. The van der Waals surface area contributed by atoms with Gasteiger partial charge in [-0.05, 0) is 49.1 Å². The summed E-state index contributed by atoms with van der Waals surface area (Å²) in [5.41, 5.74) is 5.41. The Morgan fingerprint density at radius 3 is 1.92 bits per heavy atom. The molecule has 24 heavy (non-hydrogen) atoms. The molecule has 0 aliphatic carbocycles. The lowest BCUT2D eigenvalue weighted by atomic mass is 9.81. The van der Waals surface area contributed by atoms with Crippen LogP contribution in [0.3, 0.4) is 0 Å². The number of ether oxygens (including phenoxy) is 2. The van der Waals surface area contributed by atoms with E-state index in [1.165, 1.54) is 22.3 Å². The van der Waals surface area contributed by atoms with Crippen molar-refractivity contribution in [3.05, 3.63) is 34.4 Å². The van der Waals surface area contributed by atoms with Gasteiger partial charge in [-0.15, -0.1) is 0 Å². The Bertz CT molecular complexity index is 552. The van der Waals surface area contributed by atoms with E-state index in [0.717, 1.165) is 12.8 Å². The minimum atomic E-state index is -0.254. The second-order valence-corrected chi connectivity index (χ2v) is 9.89. The summed E-state index contributed by atoms with van der Waals surface area (Å²) >= 11 is 0. The van der Waals surface area contributed by atoms with E-state index in [1.807, 2.05) is 0 Å². The van der Waals surface area contributed by atoms with Crippen LogP contribution in [0.2, 0.25) is 0 Å². The molecule has 3 atom stereocenters. The molecule has 1 aliphatic heterocycles. The monoisotopic (exact) mass is 332 g/mol. The van der Waals surface area contributed by atoms with Crippen LogP contribution in [0.15, 0.2) is 12.1 Å². The zero-order chi connectivity index (χ0) is 18.3. The van der Waals surface area contributed by atoms with Crippen LogP contribution in [0.5, 0.6) is 0 Å². The molecule has 2 heteroatoms. The summed E-state index contributed by atoms with van der Waals surface area (Å²) in [4.78, 5) is 0. The summed E-state index contributed by atoms with van der Waals surface area (Å²) in [5, 5.41) is 0. The number of benzene rings is 1. The lowest BCUT2D eigenvalue weighted by Gasteiger charge is -2.43. The third-order valence-corrected chi connectivity index (χ3v) is 4.86. The molecule has 136 valence electrons. The first-order valence-electron chi connectivity index (χ1n) is 9.25. The van der Waals surface area contributed by atoms with Crippen LogP contribution in [-0.4, -0.2) is 12.2 Å². The van der Waals surface area contributed by atoms with E-state index in [1.54, 1.807) is 0 Å². The molecule has 0 radical (unpaired) electrons. The average Bonchev–Trinajstić information content (AvgIpc) is 2.33. The Labute approximate surface area is 148 Å². The molecular formula is C22H36O2. The van der Waals surface area contributed by atoms with Crippen LogP contribution in [0.4, 0.5) is 0 Å². The summed E-state index contributed by atoms with van der Waals surface area (Å²) in [6, 6.07) is 4.46. The zero-order valence-electron chi connectivity index (χ0n) is 17.1. The van der Waals surface area contributed by atoms with Crippen LogP contribution in [0, 0.1) is 31.6 Å². The number of hydrogen-bond acceptors (Lipinski definition) is 2. The fourth-order valence-electron chi connectivity index (χ4n) is 3.78. The molecule has 0 spiro atoms. The standard InChI is InChI=1S/C22H36O2/c1-14-10-15(2)19(16(3)11-14)20-23-17(13-21(4,5)6)12-18(24-20)22(7,8)9/h10-11,17-18,20H,12-13H2,1-9H3. The first-order chi connectivity index (χ1) is 10.9. The van der Waals surface area contributed by atoms with Crippen molar-refractivity contribution in [3.8, 4) is 0 Å². The Hall–Kier alpha value is -0.860. The van der Waals surface area contributed by atoms with Gasteiger partial charge in [0.1, 0.15) is 0 Å². The maximum Gasteiger partial charge on any atom is 0.184 e. The molecule has 2 nitrogen and oxygen atoms in total. The minimum absolute atomic E-state index is 0.116. The van der Waals surface area contributed by atoms with Gasteiger partial charge >= 0.3 is 0 Å². The molecule has 0 amide bonds. The molecule has 0 N–H and O–H groups in total. The minimum Gasteiger partial charge on any atom is -0.345 e. The van der Waals surface area contributed by atoms with Crippen molar-refractivity contribution in [2.45, 2.75) is 93.7 Å². The fourth-order valence-corrected chi connectivity index (χ4v) is 3.78. The lowest BCUT2D eigenvalue weighted by Crippen LogP contribution is -2.42. The highest BCUT2D eigenvalue weighted by molar-refractivity contribution is 5.38. The molecule has 0 saturated carbocycles. The summed E-state index contributed by atoms with van der Waals surface area (Å²) in [6.45, 7) is 20.1. The smallest absolute Gasteiger partial charge is 0.184 e. The highest BCUT2D eigenvalue weighted by Gasteiger charge is 2.39. The molecule has 2 rings (SSSR count). The molecule has 1 fully saturated rings. The van der Waals surface area contributed by atoms with E-state index in [4.69, 9.17) is 9.47 Å². The van der Waals surface area contributed by atoms with Crippen molar-refractivity contribution in [1.82, 2.24) is 0 Å². The van der Waals surface area contributed by atoms with Gasteiger partial charge in [-0.3, -0.25) is 0 Å². The zero-order valence-corrected chi connectivity index (χ0v) is 17.1. The third-order valence-electron chi connectivity index (χ3n) is 4.86. The van der Waals surface area contributed by atoms with Crippen LogP contribution in [0.1, 0.15) is 82.9 Å². The van der Waals surface area contributed by atoms with Gasteiger partial charge < -0.3 is 9.47 Å². The van der Waals surface area contributed by atoms with E-state index < -0.39 is 0 Å². The second kappa shape index (κ2) is 6.80. The van der Waals surface area contributed by atoms with Crippen LogP contribution in [-0.2, 0) is 9.47 Å². The van der Waals surface area contributed by atoms with Gasteiger partial charge in [0.15, 0.2) is 6.29 Å². The van der Waals surface area contributed by atoms with Gasteiger partial charge in [0, 0.05) is 12.0 Å². The first-order valence-corrected chi connectivity index (χ1v) is 9.25. The van der Waals surface area contributed by atoms with Gasteiger partial charge in [0.25, 0.3) is 0 Å². The van der Waals surface area contributed by atoms with Crippen molar-refractivity contribution in [3.63, 3.8) is 0 Å². The topological polar surface area (TPSA) is 18.5 Å². The average molecular weight is 333 g/mol. The number of hydrogen-bond donors (Lipinski definition) is 0. The van der Waals surface area contributed by atoms with Crippen molar-refractivity contribution in [1.29, 1.82) is 0 Å². The molecule has 3 unspecified atom stereocenters. The second-order valence-electron chi connectivity index (χ2n) is 9.89. The normalized spacial score (nSPS) is 25.8. The van der Waals surface area contributed by atoms with Crippen molar-refractivity contribution < 1.29 is 9.47 Å². The van der Waals surface area contributed by atoms with E-state index in [0.29, 0.717) is 0 Å². The maximum atomic E-state index is 6.46. The molecule has 1 saturated heterocycles. The van der Waals surface area contributed by atoms with Crippen molar-refractivity contribution in [2.24, 2.45) is 10.8 Å². The third kappa shape index (κ3) is 4.83. The lowest BCUT2D eigenvalue weighted by molar-refractivity contribution is -0.271. The van der Waals surface area contributed by atoms with E-state index >= 15 is 0 Å². The van der Waals surface area contributed by atoms with E-state index in [-0.39, 0.29) is 29.3 Å². The Morgan fingerprint density at radius 1 is 0.917 bits per heavy atom. The van der Waals surface area contributed by atoms with Crippen molar-refractivity contribution in [2.75, 3.05) is 0 Å². The maximum absolute atomic E-state index is 6.46. The van der Waals surface area contributed by atoms with Crippen LogP contribution < -0.4 is 0 Å². The summed E-state index contributed by atoms with van der Waals surface area (Å²) < 4.78 is 12.9. The molecule has 1 aromatic carbocycles. The van der Waals surface area contributed by atoms with Gasteiger partial charge in [-0.25, -0.2) is 0 Å². The summed E-state index contributed by atoms with van der Waals surface area (Å²) in [7, 11) is 0. The predicted octanol–water partition coefficient (Wildman–Crippen LogP) is 6.27. The van der Waals surface area contributed by atoms with E-state index in [9.17, 15) is 0 Å². The predicted molar refractivity (Wildman–Crippen MR) is 101 cm³/mol. The number of aryl methyl sites for hydroxylation is 3. The SMILES string of the molecule is Cc1cc(C)c(C2OC(CC(C)(C)C)CC(C(C)(C)C)O2)c(C)c1. The van der Waals surface area contributed by atoms with Crippen molar-refractivity contribution >= 4 is 0 Å². The van der Waals surface area contributed by atoms with Crippen LogP contribution >= 0.6 is 0 Å². The van der Waals surface area contributed by atoms with Gasteiger partial charge in [-0.1, -0.05) is 59.2 Å². The Balaban J connectivity index is 2.35. The fraction of sp³-hybridized carbons (Fsp3) is 0.727. The Morgan fingerprint density at radius 2 is 1.46 bits per heavy atom. The molecule has 1 heterocycles. The molecule has 1 aliphatic rings. The number of rotatable bonds is 2. The first kappa shape index (κ1) is 19.5. The Kier molecular flexibility index (Phi) is 5.52. The molecule has 0 bridgehead atoms. The van der Waals surface area contributed by atoms with Crippen LogP contribution in [0.25, 0.3) is 0 Å². The van der Waals surface area contributed by atoms with Gasteiger partial charge in [-0.2, -0.15) is 0 Å². The molecule has 1 aromatic rings.